The van der Waals surface area contributed by atoms with Gasteiger partial charge in [0.05, 0.1) is 12.7 Å². The van der Waals surface area contributed by atoms with Crippen LogP contribution in [0.1, 0.15) is 27.2 Å². The molecule has 0 rings (SSSR count). The molecule has 88 valence electrons. The molecule has 2 nitrogen and oxygen atoms in total. The summed E-state index contributed by atoms with van der Waals surface area (Å²) in [5, 5.41) is 9.00. The lowest BCUT2D eigenvalue weighted by Crippen LogP contribution is -2.22. The molecule has 0 radical (unpaired) electrons. The number of hydrogen-bond acceptors (Lipinski definition) is 2. The van der Waals surface area contributed by atoms with Crippen molar-refractivity contribution in [3.05, 3.63) is 21.3 Å². The van der Waals surface area contributed by atoms with Crippen LogP contribution in [0.3, 0.4) is 0 Å². The van der Waals surface area contributed by atoms with Gasteiger partial charge in [-0.3, -0.25) is 0 Å². The van der Waals surface area contributed by atoms with E-state index in [2.05, 4.69) is 46.6 Å². The summed E-state index contributed by atoms with van der Waals surface area (Å²) in [7, 11) is 1.74. The molecule has 0 fully saturated rings. The van der Waals surface area contributed by atoms with Crippen LogP contribution in [-0.4, -0.2) is 24.9 Å². The van der Waals surface area contributed by atoms with Gasteiger partial charge in [-0.15, -0.1) is 0 Å². The lowest BCUT2D eigenvalue weighted by molar-refractivity contribution is 0.0957. The van der Waals surface area contributed by atoms with Crippen LogP contribution in [0.25, 0.3) is 0 Å². The summed E-state index contributed by atoms with van der Waals surface area (Å²) < 4.78 is 7.55. The number of aliphatic hydroxyl groups excluding tert-OH is 1. The van der Waals surface area contributed by atoms with Gasteiger partial charge >= 0.3 is 0 Å². The van der Waals surface area contributed by atoms with E-state index in [1.807, 2.05) is 6.92 Å². The van der Waals surface area contributed by atoms with Gasteiger partial charge in [0.15, 0.2) is 0 Å². The molecule has 0 unspecified atom stereocenters. The Morgan fingerprint density at radius 2 is 2.07 bits per heavy atom. The molecule has 0 spiro atoms. The Kier molecular flexibility index (Phi) is 8.37. The Hall–Kier alpha value is 0.130. The second-order valence-corrected chi connectivity index (χ2v) is 4.38. The van der Waals surface area contributed by atoms with Crippen molar-refractivity contribution in [2.75, 3.05) is 13.7 Å². The SMILES string of the molecule is CC[C@H](/C=C(/C)CO)[C@H](OC)/C(C)=C/I. The second-order valence-electron chi connectivity index (χ2n) is 3.75. The Morgan fingerprint density at radius 3 is 2.40 bits per heavy atom. The molecule has 0 aliphatic heterocycles. The minimum atomic E-state index is 0.119. The van der Waals surface area contributed by atoms with Gasteiger partial charge in [-0.05, 0) is 29.9 Å². The average molecular weight is 324 g/mol. The van der Waals surface area contributed by atoms with Crippen LogP contribution in [0.15, 0.2) is 21.3 Å². The number of methoxy groups -OCH3 is 1. The fourth-order valence-corrected chi connectivity index (χ4v) is 1.95. The third-order valence-electron chi connectivity index (χ3n) is 2.48. The monoisotopic (exact) mass is 324 g/mol. The number of aliphatic hydroxyl groups is 1. The van der Waals surface area contributed by atoms with Crippen molar-refractivity contribution in [3.8, 4) is 0 Å². The summed E-state index contributed by atoms with van der Waals surface area (Å²) in [6.07, 6.45) is 3.24. The van der Waals surface area contributed by atoms with Crippen molar-refractivity contribution in [2.45, 2.75) is 33.3 Å². The molecular weight excluding hydrogens is 303 g/mol. The molecule has 0 aromatic carbocycles. The van der Waals surface area contributed by atoms with E-state index in [0.717, 1.165) is 12.0 Å². The molecule has 15 heavy (non-hydrogen) atoms. The quantitative estimate of drug-likeness (QED) is 0.600. The molecule has 0 aliphatic carbocycles. The third kappa shape index (κ3) is 5.13. The number of halogens is 1. The zero-order valence-electron chi connectivity index (χ0n) is 9.96. The Labute approximate surface area is 107 Å². The van der Waals surface area contributed by atoms with Crippen LogP contribution in [0.5, 0.6) is 0 Å². The maximum absolute atomic E-state index is 9.00. The normalized spacial score (nSPS) is 17.7. The Balaban J connectivity index is 4.76. The molecule has 2 atom stereocenters. The summed E-state index contributed by atoms with van der Waals surface area (Å²) in [6, 6.07) is 0. The molecule has 0 amide bonds. The fourth-order valence-electron chi connectivity index (χ4n) is 1.60. The van der Waals surface area contributed by atoms with Crippen LogP contribution in [0.4, 0.5) is 0 Å². The molecular formula is C12H21IO2. The molecule has 0 heterocycles. The van der Waals surface area contributed by atoms with Crippen molar-refractivity contribution in [2.24, 2.45) is 5.92 Å². The van der Waals surface area contributed by atoms with Crippen LogP contribution < -0.4 is 0 Å². The lowest BCUT2D eigenvalue weighted by atomic mass is 9.93. The average Bonchev–Trinajstić information content (AvgIpc) is 2.27. The van der Waals surface area contributed by atoms with Crippen LogP contribution in [0, 0.1) is 5.92 Å². The van der Waals surface area contributed by atoms with E-state index in [0.29, 0.717) is 5.92 Å². The first-order valence-corrected chi connectivity index (χ1v) is 6.43. The standard InChI is InChI=1S/C12H21IO2/c1-5-11(6-9(2)8-14)12(15-4)10(3)7-13/h6-7,11-12,14H,5,8H2,1-4H3/b9-6-,10-7+/t11-,12-/m1/s1. The smallest absolute Gasteiger partial charge is 0.0848 e. The van der Waals surface area contributed by atoms with Gasteiger partial charge < -0.3 is 9.84 Å². The second kappa shape index (κ2) is 8.30. The first-order valence-electron chi connectivity index (χ1n) is 5.18. The van der Waals surface area contributed by atoms with Gasteiger partial charge in [0.1, 0.15) is 0 Å². The Bertz CT molecular complexity index is 234. The minimum absolute atomic E-state index is 0.119. The summed E-state index contributed by atoms with van der Waals surface area (Å²) in [4.78, 5) is 0. The minimum Gasteiger partial charge on any atom is -0.392 e. The Morgan fingerprint density at radius 1 is 1.47 bits per heavy atom. The predicted octanol–water partition coefficient (Wildman–Crippen LogP) is 3.31. The van der Waals surface area contributed by atoms with Gasteiger partial charge in [0.2, 0.25) is 0 Å². The van der Waals surface area contributed by atoms with Crippen LogP contribution in [0.2, 0.25) is 0 Å². The number of hydrogen-bond donors (Lipinski definition) is 1. The van der Waals surface area contributed by atoms with Gasteiger partial charge in [-0.1, -0.05) is 41.2 Å². The van der Waals surface area contributed by atoms with Crippen LogP contribution in [-0.2, 0) is 4.74 Å². The summed E-state index contributed by atoms with van der Waals surface area (Å²) >= 11 is 2.23. The zero-order valence-corrected chi connectivity index (χ0v) is 12.1. The molecule has 0 aromatic heterocycles. The highest BCUT2D eigenvalue weighted by molar-refractivity contribution is 14.1. The molecule has 1 N–H and O–H groups in total. The summed E-state index contributed by atoms with van der Waals surface area (Å²) in [5.74, 6) is 0.341. The highest BCUT2D eigenvalue weighted by atomic mass is 127. The predicted molar refractivity (Wildman–Crippen MR) is 73.2 cm³/mol. The van der Waals surface area contributed by atoms with Gasteiger partial charge in [0.25, 0.3) is 0 Å². The van der Waals surface area contributed by atoms with Crippen molar-refractivity contribution in [3.63, 3.8) is 0 Å². The van der Waals surface area contributed by atoms with Crippen molar-refractivity contribution >= 4 is 22.6 Å². The van der Waals surface area contributed by atoms with Crippen molar-refractivity contribution in [1.29, 1.82) is 0 Å². The number of rotatable bonds is 6. The summed E-state index contributed by atoms with van der Waals surface area (Å²) in [5.41, 5.74) is 2.23. The van der Waals surface area contributed by atoms with E-state index in [1.54, 1.807) is 7.11 Å². The third-order valence-corrected chi connectivity index (χ3v) is 3.47. The number of ether oxygens (including phenoxy) is 1. The molecule has 0 saturated heterocycles. The molecule has 0 saturated carbocycles. The molecule has 0 aliphatic rings. The van der Waals surface area contributed by atoms with E-state index in [-0.39, 0.29) is 12.7 Å². The molecule has 0 aromatic rings. The topological polar surface area (TPSA) is 29.5 Å². The fraction of sp³-hybridized carbons (Fsp3) is 0.667. The van der Waals surface area contributed by atoms with Gasteiger partial charge in [0, 0.05) is 13.0 Å². The maximum atomic E-state index is 9.00. The van der Waals surface area contributed by atoms with Crippen molar-refractivity contribution < 1.29 is 9.84 Å². The highest BCUT2D eigenvalue weighted by Gasteiger charge is 2.19. The van der Waals surface area contributed by atoms with E-state index in [4.69, 9.17) is 9.84 Å². The zero-order chi connectivity index (χ0) is 11.8. The largest absolute Gasteiger partial charge is 0.392 e. The summed E-state index contributed by atoms with van der Waals surface area (Å²) in [6.45, 7) is 6.28. The lowest BCUT2D eigenvalue weighted by Gasteiger charge is -2.23. The van der Waals surface area contributed by atoms with Gasteiger partial charge in [-0.25, -0.2) is 0 Å². The van der Waals surface area contributed by atoms with E-state index < -0.39 is 0 Å². The first-order chi connectivity index (χ1) is 7.10. The van der Waals surface area contributed by atoms with Gasteiger partial charge in [-0.2, -0.15) is 0 Å². The van der Waals surface area contributed by atoms with Crippen molar-refractivity contribution in [1.82, 2.24) is 0 Å². The van der Waals surface area contributed by atoms with E-state index >= 15 is 0 Å². The van der Waals surface area contributed by atoms with E-state index in [1.165, 1.54) is 5.57 Å². The maximum Gasteiger partial charge on any atom is 0.0848 e. The van der Waals surface area contributed by atoms with E-state index in [9.17, 15) is 0 Å². The molecule has 3 heteroatoms. The first kappa shape index (κ1) is 15.1. The highest BCUT2D eigenvalue weighted by Crippen LogP contribution is 2.22. The molecule has 0 bridgehead atoms. The van der Waals surface area contributed by atoms with Crippen LogP contribution >= 0.6 is 22.6 Å².